The lowest BCUT2D eigenvalue weighted by Crippen LogP contribution is -2.30. The largest absolute Gasteiger partial charge is 0.313 e. The van der Waals surface area contributed by atoms with Gasteiger partial charge in [-0.25, -0.2) is 0 Å². The molecule has 1 aliphatic rings. The van der Waals surface area contributed by atoms with E-state index in [1.54, 1.807) is 0 Å². The van der Waals surface area contributed by atoms with E-state index in [4.69, 9.17) is 0 Å². The monoisotopic (exact) mass is 163 g/mol. The van der Waals surface area contributed by atoms with Crippen molar-refractivity contribution in [2.24, 2.45) is 0 Å². The first-order valence-corrected chi connectivity index (χ1v) is 4.32. The Balaban J connectivity index is 2.42. The molecule has 1 heterocycles. The lowest BCUT2D eigenvalue weighted by molar-refractivity contribution is -0.127. The van der Waals surface area contributed by atoms with Crippen LogP contribution in [0.3, 0.4) is 0 Å². The van der Waals surface area contributed by atoms with Crippen molar-refractivity contribution in [1.29, 1.82) is 0 Å². The van der Waals surface area contributed by atoms with Crippen LogP contribution in [-0.4, -0.2) is 16.8 Å². The average molecular weight is 163 g/mol. The van der Waals surface area contributed by atoms with Crippen LogP contribution < -0.4 is 0 Å². The van der Waals surface area contributed by atoms with E-state index >= 15 is 0 Å². The van der Waals surface area contributed by atoms with Crippen LogP contribution in [0.1, 0.15) is 24.1 Å². The standard InChI is InChI=1S/C10H13NO/c1-8-10-5-3-2-4-9(10)6-7-11(8)12/h2-5,8,12H,6-7H2,1H3/t8-/m1/s1. The molecular weight excluding hydrogens is 150 g/mol. The second-order valence-electron chi connectivity index (χ2n) is 3.29. The van der Waals surface area contributed by atoms with Crippen molar-refractivity contribution in [3.05, 3.63) is 35.4 Å². The van der Waals surface area contributed by atoms with Gasteiger partial charge in [0.1, 0.15) is 0 Å². The first-order valence-electron chi connectivity index (χ1n) is 4.32. The number of nitrogens with zero attached hydrogens (tertiary/aromatic N) is 1. The Kier molecular flexibility index (Phi) is 1.87. The molecule has 1 aromatic carbocycles. The molecule has 0 aliphatic carbocycles. The van der Waals surface area contributed by atoms with Crippen molar-refractivity contribution in [1.82, 2.24) is 5.06 Å². The molecular formula is C10H13NO. The molecule has 1 N–H and O–H groups in total. The summed E-state index contributed by atoms with van der Waals surface area (Å²) in [5.41, 5.74) is 2.63. The Morgan fingerprint density at radius 1 is 1.42 bits per heavy atom. The lowest BCUT2D eigenvalue weighted by Gasteiger charge is -2.29. The number of hydroxylamine groups is 2. The molecule has 0 unspecified atom stereocenters. The van der Waals surface area contributed by atoms with Crippen LogP contribution in [0.25, 0.3) is 0 Å². The van der Waals surface area contributed by atoms with E-state index in [1.165, 1.54) is 16.2 Å². The molecule has 0 saturated heterocycles. The molecule has 2 rings (SSSR count). The maximum absolute atomic E-state index is 9.46. The molecule has 64 valence electrons. The summed E-state index contributed by atoms with van der Waals surface area (Å²) >= 11 is 0. The second-order valence-corrected chi connectivity index (χ2v) is 3.29. The SMILES string of the molecule is C[C@@H]1c2ccccc2CCN1O. The highest BCUT2D eigenvalue weighted by Crippen LogP contribution is 2.26. The predicted molar refractivity (Wildman–Crippen MR) is 47.1 cm³/mol. The van der Waals surface area contributed by atoms with Crippen molar-refractivity contribution in [2.45, 2.75) is 19.4 Å². The third kappa shape index (κ3) is 1.13. The van der Waals surface area contributed by atoms with E-state index in [2.05, 4.69) is 18.2 Å². The van der Waals surface area contributed by atoms with E-state index < -0.39 is 0 Å². The number of rotatable bonds is 0. The van der Waals surface area contributed by atoms with Crippen molar-refractivity contribution >= 4 is 0 Å². The average Bonchev–Trinajstić information content (AvgIpc) is 2.12. The minimum Gasteiger partial charge on any atom is -0.313 e. The quantitative estimate of drug-likeness (QED) is 0.632. The summed E-state index contributed by atoms with van der Waals surface area (Å²) < 4.78 is 0. The molecule has 0 fully saturated rings. The van der Waals surface area contributed by atoms with Crippen LogP contribution in [0.2, 0.25) is 0 Å². The molecule has 0 aromatic heterocycles. The number of fused-ring (bicyclic) bond motifs is 1. The number of hydrogen-bond donors (Lipinski definition) is 1. The van der Waals surface area contributed by atoms with Crippen molar-refractivity contribution in [2.75, 3.05) is 6.54 Å². The lowest BCUT2D eigenvalue weighted by atomic mass is 9.95. The molecule has 12 heavy (non-hydrogen) atoms. The first kappa shape index (κ1) is 7.77. The number of benzene rings is 1. The van der Waals surface area contributed by atoms with Crippen molar-refractivity contribution in [3.63, 3.8) is 0 Å². The molecule has 1 aliphatic heterocycles. The highest BCUT2D eigenvalue weighted by Gasteiger charge is 2.21. The van der Waals surface area contributed by atoms with Gasteiger partial charge in [-0.3, -0.25) is 0 Å². The Morgan fingerprint density at radius 2 is 2.17 bits per heavy atom. The molecule has 1 aromatic rings. The Morgan fingerprint density at radius 3 is 3.00 bits per heavy atom. The molecule has 0 spiro atoms. The first-order chi connectivity index (χ1) is 5.79. The van der Waals surface area contributed by atoms with Gasteiger partial charge < -0.3 is 5.21 Å². The minimum atomic E-state index is 0.148. The smallest absolute Gasteiger partial charge is 0.0574 e. The Bertz CT molecular complexity index is 285. The van der Waals surface area contributed by atoms with Gasteiger partial charge in [0, 0.05) is 6.54 Å². The van der Waals surface area contributed by atoms with E-state index in [0.717, 1.165) is 13.0 Å². The van der Waals surface area contributed by atoms with Crippen LogP contribution in [0.4, 0.5) is 0 Å². The fraction of sp³-hybridized carbons (Fsp3) is 0.400. The summed E-state index contributed by atoms with van der Waals surface area (Å²) in [5.74, 6) is 0. The normalized spacial score (nSPS) is 23.7. The third-order valence-electron chi connectivity index (χ3n) is 2.56. The van der Waals surface area contributed by atoms with Crippen LogP contribution in [0.5, 0.6) is 0 Å². The van der Waals surface area contributed by atoms with Gasteiger partial charge in [0.2, 0.25) is 0 Å². The van der Waals surface area contributed by atoms with Gasteiger partial charge in [-0.1, -0.05) is 24.3 Å². The Labute approximate surface area is 72.4 Å². The molecule has 0 amide bonds. The van der Waals surface area contributed by atoms with Gasteiger partial charge >= 0.3 is 0 Å². The zero-order valence-electron chi connectivity index (χ0n) is 7.20. The van der Waals surface area contributed by atoms with E-state index in [1.807, 2.05) is 13.0 Å². The molecule has 0 bridgehead atoms. The van der Waals surface area contributed by atoms with Crippen LogP contribution in [0, 0.1) is 0 Å². The zero-order chi connectivity index (χ0) is 8.55. The third-order valence-corrected chi connectivity index (χ3v) is 2.56. The predicted octanol–water partition coefficient (Wildman–Crippen LogP) is 1.99. The van der Waals surface area contributed by atoms with Crippen LogP contribution in [-0.2, 0) is 6.42 Å². The summed E-state index contributed by atoms with van der Waals surface area (Å²) in [7, 11) is 0. The summed E-state index contributed by atoms with van der Waals surface area (Å²) in [6, 6.07) is 8.45. The maximum Gasteiger partial charge on any atom is 0.0574 e. The molecule has 0 radical (unpaired) electrons. The van der Waals surface area contributed by atoms with E-state index in [-0.39, 0.29) is 6.04 Å². The van der Waals surface area contributed by atoms with Crippen molar-refractivity contribution < 1.29 is 5.21 Å². The highest BCUT2D eigenvalue weighted by atomic mass is 16.5. The molecule has 2 heteroatoms. The minimum absolute atomic E-state index is 0.148. The summed E-state index contributed by atoms with van der Waals surface area (Å²) in [4.78, 5) is 0. The van der Waals surface area contributed by atoms with E-state index in [9.17, 15) is 5.21 Å². The molecule has 2 nitrogen and oxygen atoms in total. The second kappa shape index (κ2) is 2.88. The summed E-state index contributed by atoms with van der Waals surface area (Å²) in [5, 5.41) is 10.9. The maximum atomic E-state index is 9.46. The van der Waals surface area contributed by atoms with Gasteiger partial charge in [-0.15, -0.1) is 0 Å². The van der Waals surface area contributed by atoms with E-state index in [0.29, 0.717) is 0 Å². The summed E-state index contributed by atoms with van der Waals surface area (Å²) in [6.07, 6.45) is 0.955. The van der Waals surface area contributed by atoms with Gasteiger partial charge in [0.05, 0.1) is 6.04 Å². The zero-order valence-corrected chi connectivity index (χ0v) is 7.20. The Hall–Kier alpha value is -0.860. The number of hydrogen-bond acceptors (Lipinski definition) is 2. The van der Waals surface area contributed by atoms with Gasteiger partial charge in [0.25, 0.3) is 0 Å². The summed E-state index contributed by atoms with van der Waals surface area (Å²) in [6.45, 7) is 2.77. The fourth-order valence-electron chi connectivity index (χ4n) is 1.76. The van der Waals surface area contributed by atoms with Gasteiger partial charge in [-0.05, 0) is 24.5 Å². The van der Waals surface area contributed by atoms with Crippen molar-refractivity contribution in [3.8, 4) is 0 Å². The van der Waals surface area contributed by atoms with Gasteiger partial charge in [-0.2, -0.15) is 5.06 Å². The van der Waals surface area contributed by atoms with Gasteiger partial charge in [0.15, 0.2) is 0 Å². The van der Waals surface area contributed by atoms with Crippen LogP contribution >= 0.6 is 0 Å². The topological polar surface area (TPSA) is 23.5 Å². The molecule has 1 atom stereocenters. The highest BCUT2D eigenvalue weighted by molar-refractivity contribution is 5.31. The fourth-order valence-corrected chi connectivity index (χ4v) is 1.76. The molecule has 0 saturated carbocycles. The van der Waals surface area contributed by atoms with Crippen LogP contribution in [0.15, 0.2) is 24.3 Å².